The first kappa shape index (κ1) is 15.4. The van der Waals surface area contributed by atoms with Gasteiger partial charge in [0.15, 0.2) is 0 Å². The number of nitrogens with zero attached hydrogens (tertiary/aromatic N) is 1. The Morgan fingerprint density at radius 3 is 2.86 bits per heavy atom. The van der Waals surface area contributed by atoms with E-state index in [0.29, 0.717) is 18.8 Å². The summed E-state index contributed by atoms with van der Waals surface area (Å²) in [5.74, 6) is 0.225. The van der Waals surface area contributed by atoms with E-state index in [4.69, 9.17) is 5.73 Å². The lowest BCUT2D eigenvalue weighted by molar-refractivity contribution is 0.642. The quantitative estimate of drug-likeness (QED) is 0.697. The Kier molecular flexibility index (Phi) is 5.25. The topological polar surface area (TPSA) is 92.9 Å². The summed E-state index contributed by atoms with van der Waals surface area (Å²) in [6.07, 6.45) is 8.79. The van der Waals surface area contributed by atoms with Gasteiger partial charge in [0.05, 0.1) is 0 Å². The number of nitrogens with two attached hydrogens (primary N) is 1. The molecule has 0 saturated heterocycles. The summed E-state index contributed by atoms with van der Waals surface area (Å²) in [6, 6.07) is 0. The van der Waals surface area contributed by atoms with Gasteiger partial charge in [-0.25, -0.2) is 4.79 Å². The van der Waals surface area contributed by atoms with Gasteiger partial charge in [0.25, 0.3) is 5.56 Å². The Labute approximate surface area is 124 Å². The maximum Gasteiger partial charge on any atom is 0.330 e. The maximum absolute atomic E-state index is 11.9. The second kappa shape index (κ2) is 7.15. The number of H-pyrrole nitrogens is 1. The summed E-state index contributed by atoms with van der Waals surface area (Å²) in [5, 5.41) is 3.09. The fourth-order valence-electron chi connectivity index (χ4n) is 2.68. The van der Waals surface area contributed by atoms with Gasteiger partial charge in [0.1, 0.15) is 11.5 Å². The van der Waals surface area contributed by atoms with E-state index in [0.717, 1.165) is 25.7 Å². The molecule has 1 heterocycles. The van der Waals surface area contributed by atoms with Gasteiger partial charge in [-0.15, -0.1) is 0 Å². The predicted molar refractivity (Wildman–Crippen MR) is 85.7 cm³/mol. The first-order valence-corrected chi connectivity index (χ1v) is 7.68. The molecule has 0 aliphatic heterocycles. The van der Waals surface area contributed by atoms with Crippen LogP contribution >= 0.6 is 0 Å². The third kappa shape index (κ3) is 3.77. The van der Waals surface area contributed by atoms with Crippen molar-refractivity contribution in [2.45, 2.75) is 52.0 Å². The second-order valence-electron chi connectivity index (χ2n) is 5.46. The molecule has 0 bridgehead atoms. The molecule has 0 atom stereocenters. The lowest BCUT2D eigenvalue weighted by atomic mass is 9.97. The highest BCUT2D eigenvalue weighted by Gasteiger charge is 2.11. The van der Waals surface area contributed by atoms with Gasteiger partial charge in [-0.3, -0.25) is 14.3 Å². The fourth-order valence-corrected chi connectivity index (χ4v) is 2.68. The molecule has 0 spiro atoms. The summed E-state index contributed by atoms with van der Waals surface area (Å²) in [4.78, 5) is 25.9. The molecule has 0 saturated carbocycles. The zero-order valence-corrected chi connectivity index (χ0v) is 12.6. The normalized spacial score (nSPS) is 14.8. The van der Waals surface area contributed by atoms with Crippen molar-refractivity contribution in [2.24, 2.45) is 0 Å². The molecule has 0 unspecified atom stereocenters. The first-order chi connectivity index (χ1) is 10.1. The largest absolute Gasteiger partial charge is 0.383 e. The third-order valence-electron chi connectivity index (χ3n) is 3.82. The number of rotatable bonds is 6. The number of aromatic amines is 1. The van der Waals surface area contributed by atoms with Crippen LogP contribution in [0.5, 0.6) is 0 Å². The van der Waals surface area contributed by atoms with E-state index in [9.17, 15) is 9.59 Å². The number of allylic oxidation sites excluding steroid dienone is 1. The lowest BCUT2D eigenvalue weighted by Gasteiger charge is -2.15. The Hall–Kier alpha value is -1.98. The van der Waals surface area contributed by atoms with Crippen LogP contribution in [-0.2, 0) is 6.54 Å². The Bertz CT molecular complexity index is 628. The Morgan fingerprint density at radius 1 is 1.38 bits per heavy atom. The third-order valence-corrected chi connectivity index (χ3v) is 3.82. The molecule has 1 aliphatic carbocycles. The second-order valence-corrected chi connectivity index (χ2v) is 5.46. The molecule has 4 N–H and O–H groups in total. The van der Waals surface area contributed by atoms with Crippen molar-refractivity contribution in [2.75, 3.05) is 17.6 Å². The van der Waals surface area contributed by atoms with Crippen LogP contribution < -0.4 is 22.3 Å². The molecular formula is C15H24N4O2. The van der Waals surface area contributed by atoms with Gasteiger partial charge in [0, 0.05) is 13.1 Å². The SMILES string of the molecule is CCCn1c(N)c(NCCC2=CCCCC2)c(=O)[nH]c1=O. The molecule has 0 aromatic carbocycles. The minimum Gasteiger partial charge on any atom is -0.383 e. The highest BCUT2D eigenvalue weighted by Crippen LogP contribution is 2.20. The highest BCUT2D eigenvalue weighted by atomic mass is 16.2. The van der Waals surface area contributed by atoms with Crippen LogP contribution in [0.4, 0.5) is 11.5 Å². The van der Waals surface area contributed by atoms with Crippen molar-refractivity contribution >= 4 is 11.5 Å². The zero-order chi connectivity index (χ0) is 15.2. The molecular weight excluding hydrogens is 268 g/mol. The number of anilines is 2. The summed E-state index contributed by atoms with van der Waals surface area (Å²) in [5.41, 5.74) is 6.81. The highest BCUT2D eigenvalue weighted by molar-refractivity contribution is 5.60. The van der Waals surface area contributed by atoms with E-state index in [-0.39, 0.29) is 5.82 Å². The molecule has 1 aromatic rings. The van der Waals surface area contributed by atoms with Gasteiger partial charge in [-0.2, -0.15) is 0 Å². The lowest BCUT2D eigenvalue weighted by Crippen LogP contribution is -2.34. The maximum atomic E-state index is 11.9. The van der Waals surface area contributed by atoms with Crippen molar-refractivity contribution < 1.29 is 0 Å². The number of hydrogen-bond donors (Lipinski definition) is 3. The molecule has 0 fully saturated rings. The van der Waals surface area contributed by atoms with E-state index >= 15 is 0 Å². The molecule has 2 rings (SSSR count). The molecule has 21 heavy (non-hydrogen) atoms. The smallest absolute Gasteiger partial charge is 0.330 e. The predicted octanol–water partition coefficient (Wildman–Crippen LogP) is 1.83. The first-order valence-electron chi connectivity index (χ1n) is 7.68. The average Bonchev–Trinajstić information content (AvgIpc) is 2.48. The van der Waals surface area contributed by atoms with Crippen LogP contribution in [0.1, 0.15) is 45.4 Å². The van der Waals surface area contributed by atoms with Crippen molar-refractivity contribution in [3.05, 3.63) is 32.5 Å². The van der Waals surface area contributed by atoms with Crippen molar-refractivity contribution in [1.29, 1.82) is 0 Å². The molecule has 0 radical (unpaired) electrons. The van der Waals surface area contributed by atoms with E-state index in [1.165, 1.54) is 23.0 Å². The molecule has 1 aromatic heterocycles. The number of nitrogen functional groups attached to an aromatic ring is 1. The summed E-state index contributed by atoms with van der Waals surface area (Å²) in [6.45, 7) is 3.12. The Balaban J connectivity index is 2.08. The summed E-state index contributed by atoms with van der Waals surface area (Å²) in [7, 11) is 0. The van der Waals surface area contributed by atoms with Crippen molar-refractivity contribution in [1.82, 2.24) is 9.55 Å². The van der Waals surface area contributed by atoms with Crippen LogP contribution in [-0.4, -0.2) is 16.1 Å². The minimum absolute atomic E-state index is 0.225. The summed E-state index contributed by atoms with van der Waals surface area (Å²) < 4.78 is 1.41. The zero-order valence-electron chi connectivity index (χ0n) is 12.6. The molecule has 0 amide bonds. The number of hydrogen-bond acceptors (Lipinski definition) is 4. The minimum atomic E-state index is -0.445. The standard InChI is InChI=1S/C15H24N4O2/c1-2-10-19-13(16)12(14(20)18-15(19)21)17-9-8-11-6-4-3-5-7-11/h6,17H,2-5,7-10,16H2,1H3,(H,18,20,21). The van der Waals surface area contributed by atoms with Gasteiger partial charge >= 0.3 is 5.69 Å². The van der Waals surface area contributed by atoms with Gasteiger partial charge in [-0.1, -0.05) is 18.6 Å². The van der Waals surface area contributed by atoms with Gasteiger partial charge in [0.2, 0.25) is 0 Å². The van der Waals surface area contributed by atoms with Crippen molar-refractivity contribution in [3.63, 3.8) is 0 Å². The van der Waals surface area contributed by atoms with Crippen LogP contribution in [0.3, 0.4) is 0 Å². The van der Waals surface area contributed by atoms with Gasteiger partial charge < -0.3 is 11.1 Å². The average molecular weight is 292 g/mol. The summed E-state index contributed by atoms with van der Waals surface area (Å²) >= 11 is 0. The number of aromatic nitrogens is 2. The fraction of sp³-hybridized carbons (Fsp3) is 0.600. The van der Waals surface area contributed by atoms with Crippen LogP contribution in [0.15, 0.2) is 21.2 Å². The van der Waals surface area contributed by atoms with Crippen LogP contribution in [0.2, 0.25) is 0 Å². The monoisotopic (exact) mass is 292 g/mol. The van der Waals surface area contributed by atoms with Crippen LogP contribution in [0.25, 0.3) is 0 Å². The molecule has 116 valence electrons. The van der Waals surface area contributed by atoms with Gasteiger partial charge in [-0.05, 0) is 38.5 Å². The van der Waals surface area contributed by atoms with Crippen LogP contribution in [0, 0.1) is 0 Å². The number of nitrogens with one attached hydrogen (secondary N) is 2. The van der Waals surface area contributed by atoms with E-state index < -0.39 is 11.2 Å². The van der Waals surface area contributed by atoms with E-state index in [1.807, 2.05) is 6.92 Å². The van der Waals surface area contributed by atoms with Crippen molar-refractivity contribution in [3.8, 4) is 0 Å². The Morgan fingerprint density at radius 2 is 2.19 bits per heavy atom. The molecule has 6 nitrogen and oxygen atoms in total. The van der Waals surface area contributed by atoms with E-state index in [2.05, 4.69) is 16.4 Å². The molecule has 6 heteroatoms. The van der Waals surface area contributed by atoms with E-state index in [1.54, 1.807) is 0 Å². The molecule has 1 aliphatic rings.